The summed E-state index contributed by atoms with van der Waals surface area (Å²) in [5, 5.41) is 7.29. The number of rotatable bonds is 6. The first kappa shape index (κ1) is 19.4. The van der Waals surface area contributed by atoms with Gasteiger partial charge >= 0.3 is 5.97 Å². The molecule has 6 nitrogen and oxygen atoms in total. The van der Waals surface area contributed by atoms with E-state index in [4.69, 9.17) is 14.9 Å². The number of nitrogens with zero attached hydrogens (tertiary/aromatic N) is 2. The number of carbonyl (C=O) groups excluding carboxylic acids is 1. The van der Waals surface area contributed by atoms with E-state index in [2.05, 4.69) is 4.98 Å². The monoisotopic (exact) mass is 401 g/mol. The number of ether oxygens (including phenoxy) is 2. The standard InChI is InChI=1S/C21H21F2N3O3/c1-13(24)5-18(27)29-8-14-3-2-4-16(19(14)23)15-6-17(22)20(25-7-15)26-9-21(10-26)11-28-12-21/h2-4,6-7,24H,5,8-12H2,1H3. The molecule has 0 bridgehead atoms. The molecule has 2 aromatic rings. The number of anilines is 1. The number of hydrogen-bond donors (Lipinski definition) is 1. The third-order valence-corrected chi connectivity index (χ3v) is 5.18. The zero-order valence-corrected chi connectivity index (χ0v) is 16.0. The number of carbonyl (C=O) groups is 1. The maximum absolute atomic E-state index is 14.9. The molecule has 152 valence electrons. The van der Waals surface area contributed by atoms with Gasteiger partial charge in [0.05, 0.1) is 25.0 Å². The van der Waals surface area contributed by atoms with Crippen LogP contribution in [0.25, 0.3) is 11.1 Å². The number of pyridine rings is 1. The second-order valence-electron chi connectivity index (χ2n) is 7.77. The topological polar surface area (TPSA) is 75.5 Å². The highest BCUT2D eigenvalue weighted by Crippen LogP contribution is 2.40. The first-order valence-electron chi connectivity index (χ1n) is 9.33. The molecule has 1 aromatic carbocycles. The van der Waals surface area contributed by atoms with Gasteiger partial charge in [0.2, 0.25) is 0 Å². The Kier molecular flexibility index (Phi) is 5.04. The van der Waals surface area contributed by atoms with Gasteiger partial charge in [-0.1, -0.05) is 18.2 Å². The summed E-state index contributed by atoms with van der Waals surface area (Å²) in [5.41, 5.74) is 0.990. The molecular weight excluding hydrogens is 380 g/mol. The van der Waals surface area contributed by atoms with Crippen LogP contribution in [0.5, 0.6) is 0 Å². The summed E-state index contributed by atoms with van der Waals surface area (Å²) >= 11 is 0. The van der Waals surface area contributed by atoms with Gasteiger partial charge < -0.3 is 19.8 Å². The van der Waals surface area contributed by atoms with Crippen molar-refractivity contribution >= 4 is 17.5 Å². The van der Waals surface area contributed by atoms with Gasteiger partial charge in [0.15, 0.2) is 11.6 Å². The minimum atomic E-state index is -0.594. The minimum absolute atomic E-state index is 0.137. The van der Waals surface area contributed by atoms with Crippen molar-refractivity contribution in [1.82, 2.24) is 4.98 Å². The lowest BCUT2D eigenvalue weighted by molar-refractivity contribution is -0.143. The van der Waals surface area contributed by atoms with Gasteiger partial charge in [-0.25, -0.2) is 13.8 Å². The first-order chi connectivity index (χ1) is 13.9. The van der Waals surface area contributed by atoms with Crippen LogP contribution < -0.4 is 4.90 Å². The second kappa shape index (κ2) is 7.51. The number of halogens is 2. The maximum Gasteiger partial charge on any atom is 0.311 e. The molecule has 4 rings (SSSR count). The summed E-state index contributed by atoms with van der Waals surface area (Å²) in [7, 11) is 0. The third-order valence-electron chi connectivity index (χ3n) is 5.18. The van der Waals surface area contributed by atoms with Gasteiger partial charge in [0.25, 0.3) is 0 Å². The molecule has 1 aromatic heterocycles. The van der Waals surface area contributed by atoms with Gasteiger partial charge in [-0.05, 0) is 13.0 Å². The number of benzene rings is 1. The normalized spacial score (nSPS) is 16.9. The van der Waals surface area contributed by atoms with Crippen LogP contribution in [0, 0.1) is 22.5 Å². The Labute approximate surface area is 167 Å². The van der Waals surface area contributed by atoms with Gasteiger partial charge in [-0.15, -0.1) is 0 Å². The van der Waals surface area contributed by atoms with Crippen LogP contribution in [0.15, 0.2) is 30.5 Å². The lowest BCUT2D eigenvalue weighted by Crippen LogP contribution is -2.66. The Bertz CT molecular complexity index is 968. The predicted octanol–water partition coefficient (Wildman–Crippen LogP) is 3.34. The predicted molar refractivity (Wildman–Crippen MR) is 103 cm³/mol. The fraction of sp³-hybridized carbons (Fsp3) is 0.381. The maximum atomic E-state index is 14.9. The van der Waals surface area contributed by atoms with Crippen LogP contribution >= 0.6 is 0 Å². The smallest absolute Gasteiger partial charge is 0.311 e. The van der Waals surface area contributed by atoms with Crippen molar-refractivity contribution in [2.24, 2.45) is 5.41 Å². The molecule has 0 amide bonds. The summed E-state index contributed by atoms with van der Waals surface area (Å²) in [6.45, 7) is 4.06. The van der Waals surface area contributed by atoms with Crippen molar-refractivity contribution in [2.45, 2.75) is 20.0 Å². The molecule has 3 heterocycles. The highest BCUT2D eigenvalue weighted by Gasteiger charge is 2.50. The highest BCUT2D eigenvalue weighted by molar-refractivity contribution is 5.95. The summed E-state index contributed by atoms with van der Waals surface area (Å²) in [6.07, 6.45) is 1.31. The quantitative estimate of drug-likeness (QED) is 0.594. The fourth-order valence-electron chi connectivity index (χ4n) is 3.64. The third kappa shape index (κ3) is 3.85. The molecule has 2 fully saturated rings. The van der Waals surface area contributed by atoms with Crippen LogP contribution in [0.4, 0.5) is 14.6 Å². The summed E-state index contributed by atoms with van der Waals surface area (Å²) < 4.78 is 39.8. The van der Waals surface area contributed by atoms with Gasteiger partial charge in [0.1, 0.15) is 12.4 Å². The van der Waals surface area contributed by atoms with E-state index < -0.39 is 17.6 Å². The molecule has 0 atom stereocenters. The Hall–Kier alpha value is -2.87. The molecule has 0 unspecified atom stereocenters. The molecule has 1 spiro atoms. The van der Waals surface area contributed by atoms with Crippen molar-refractivity contribution < 1.29 is 23.0 Å². The van der Waals surface area contributed by atoms with E-state index in [0.29, 0.717) is 31.9 Å². The Morgan fingerprint density at radius 2 is 2.10 bits per heavy atom. The number of esters is 1. The SMILES string of the molecule is CC(=N)CC(=O)OCc1cccc(-c2cnc(N3CC4(COC4)C3)c(F)c2)c1F. The zero-order valence-electron chi connectivity index (χ0n) is 16.0. The van der Waals surface area contributed by atoms with Crippen LogP contribution in [-0.2, 0) is 20.9 Å². The van der Waals surface area contributed by atoms with Crippen LogP contribution in [-0.4, -0.2) is 43.0 Å². The number of nitrogens with one attached hydrogen (secondary N) is 1. The van der Waals surface area contributed by atoms with Gasteiger partial charge in [0, 0.05) is 41.7 Å². The van der Waals surface area contributed by atoms with E-state index >= 15 is 0 Å². The zero-order chi connectivity index (χ0) is 20.6. The van der Waals surface area contributed by atoms with Crippen molar-refractivity contribution in [3.05, 3.63) is 47.7 Å². The Balaban J connectivity index is 1.49. The number of aromatic nitrogens is 1. The molecule has 8 heteroatoms. The molecule has 1 N–H and O–H groups in total. The van der Waals surface area contributed by atoms with Crippen molar-refractivity contribution in [2.75, 3.05) is 31.2 Å². The van der Waals surface area contributed by atoms with Crippen molar-refractivity contribution in [3.63, 3.8) is 0 Å². The molecule has 2 aliphatic heterocycles. The van der Waals surface area contributed by atoms with E-state index in [1.807, 2.05) is 4.90 Å². The van der Waals surface area contributed by atoms with Gasteiger partial charge in [-0.3, -0.25) is 4.79 Å². The molecule has 2 aliphatic rings. The molecule has 0 saturated carbocycles. The van der Waals surface area contributed by atoms with Crippen molar-refractivity contribution in [1.29, 1.82) is 5.41 Å². The summed E-state index contributed by atoms with van der Waals surface area (Å²) in [6, 6.07) is 5.92. The summed E-state index contributed by atoms with van der Waals surface area (Å²) in [4.78, 5) is 17.7. The van der Waals surface area contributed by atoms with E-state index in [9.17, 15) is 13.6 Å². The minimum Gasteiger partial charge on any atom is -0.460 e. The molecular formula is C21H21F2N3O3. The van der Waals surface area contributed by atoms with Crippen LogP contribution in [0.1, 0.15) is 18.9 Å². The molecule has 0 radical (unpaired) electrons. The molecule has 2 saturated heterocycles. The van der Waals surface area contributed by atoms with Crippen LogP contribution in [0.3, 0.4) is 0 Å². The van der Waals surface area contributed by atoms with Crippen molar-refractivity contribution in [3.8, 4) is 11.1 Å². The van der Waals surface area contributed by atoms with Crippen LogP contribution in [0.2, 0.25) is 0 Å². The van der Waals surface area contributed by atoms with Gasteiger partial charge in [-0.2, -0.15) is 0 Å². The lowest BCUT2D eigenvalue weighted by atomic mass is 9.78. The fourth-order valence-corrected chi connectivity index (χ4v) is 3.64. The largest absolute Gasteiger partial charge is 0.460 e. The lowest BCUT2D eigenvalue weighted by Gasteiger charge is -2.55. The van der Waals surface area contributed by atoms with E-state index in [-0.39, 0.29) is 41.1 Å². The average Bonchev–Trinajstić information content (AvgIpc) is 2.59. The average molecular weight is 401 g/mol. The van der Waals surface area contributed by atoms with E-state index in [1.54, 1.807) is 6.07 Å². The number of hydrogen-bond acceptors (Lipinski definition) is 6. The Morgan fingerprint density at radius 1 is 1.34 bits per heavy atom. The first-order valence-corrected chi connectivity index (χ1v) is 9.33. The molecule has 29 heavy (non-hydrogen) atoms. The Morgan fingerprint density at radius 3 is 2.72 bits per heavy atom. The van der Waals surface area contributed by atoms with E-state index in [0.717, 1.165) is 0 Å². The second-order valence-corrected chi connectivity index (χ2v) is 7.77. The summed E-state index contributed by atoms with van der Waals surface area (Å²) in [5.74, 6) is -1.42. The van der Waals surface area contributed by atoms with E-state index in [1.165, 1.54) is 31.3 Å². The molecule has 0 aliphatic carbocycles. The highest BCUT2D eigenvalue weighted by atomic mass is 19.1.